The molecule has 0 saturated carbocycles. The SMILES string of the molecule is c1ccc(-c2ccc(N(c3ccc(-c4cccc5ccccc45)cc3)c3cccc4c3ccc3c5cccc(-c6ccccc6)c5oc43)cc2)cc1. The Balaban J connectivity index is 1.15. The fourth-order valence-corrected chi connectivity index (χ4v) is 7.76. The molecule has 0 fully saturated rings. The van der Waals surface area contributed by atoms with Gasteiger partial charge in [0.1, 0.15) is 11.2 Å². The molecule has 10 rings (SSSR count). The van der Waals surface area contributed by atoms with Crippen molar-refractivity contribution in [3.63, 3.8) is 0 Å². The van der Waals surface area contributed by atoms with Crippen molar-refractivity contribution in [2.75, 3.05) is 4.90 Å². The quantitative estimate of drug-likeness (QED) is 0.176. The molecule has 1 heterocycles. The molecule has 0 unspecified atom stereocenters. The lowest BCUT2D eigenvalue weighted by molar-refractivity contribution is 0.674. The van der Waals surface area contributed by atoms with Crippen LogP contribution < -0.4 is 4.90 Å². The van der Waals surface area contributed by atoms with Crippen LogP contribution in [0.15, 0.2) is 205 Å². The van der Waals surface area contributed by atoms with Crippen LogP contribution in [0.1, 0.15) is 0 Å². The van der Waals surface area contributed by atoms with Gasteiger partial charge in [-0.25, -0.2) is 0 Å². The molecular formula is C50H33NO. The third-order valence-corrected chi connectivity index (χ3v) is 10.3. The minimum atomic E-state index is 0.906. The largest absolute Gasteiger partial charge is 0.455 e. The van der Waals surface area contributed by atoms with E-state index in [0.29, 0.717) is 0 Å². The third-order valence-electron chi connectivity index (χ3n) is 10.3. The van der Waals surface area contributed by atoms with Gasteiger partial charge in [0.05, 0.1) is 5.69 Å². The minimum Gasteiger partial charge on any atom is -0.455 e. The highest BCUT2D eigenvalue weighted by Gasteiger charge is 2.20. The van der Waals surface area contributed by atoms with E-state index in [1.807, 2.05) is 0 Å². The van der Waals surface area contributed by atoms with E-state index in [1.54, 1.807) is 0 Å². The van der Waals surface area contributed by atoms with Gasteiger partial charge < -0.3 is 9.32 Å². The average Bonchev–Trinajstić information content (AvgIpc) is 3.62. The second-order valence-electron chi connectivity index (χ2n) is 13.3. The number of hydrogen-bond acceptors (Lipinski definition) is 2. The highest BCUT2D eigenvalue weighted by molar-refractivity contribution is 6.19. The van der Waals surface area contributed by atoms with E-state index in [0.717, 1.165) is 60.9 Å². The first-order valence-electron chi connectivity index (χ1n) is 17.8. The second kappa shape index (κ2) is 12.5. The van der Waals surface area contributed by atoms with E-state index >= 15 is 0 Å². The minimum absolute atomic E-state index is 0.906. The molecule has 0 amide bonds. The smallest absolute Gasteiger partial charge is 0.143 e. The summed E-state index contributed by atoms with van der Waals surface area (Å²) < 4.78 is 6.84. The summed E-state index contributed by atoms with van der Waals surface area (Å²) in [5.41, 5.74) is 12.1. The van der Waals surface area contributed by atoms with Gasteiger partial charge >= 0.3 is 0 Å². The summed E-state index contributed by atoms with van der Waals surface area (Å²) in [4.78, 5) is 2.37. The lowest BCUT2D eigenvalue weighted by Gasteiger charge is -2.27. The topological polar surface area (TPSA) is 16.4 Å². The molecular weight excluding hydrogens is 631 g/mol. The lowest BCUT2D eigenvalue weighted by Crippen LogP contribution is -2.10. The molecule has 244 valence electrons. The van der Waals surface area contributed by atoms with Crippen molar-refractivity contribution in [1.29, 1.82) is 0 Å². The summed E-state index contributed by atoms with van der Waals surface area (Å²) in [5.74, 6) is 0. The van der Waals surface area contributed by atoms with E-state index in [4.69, 9.17) is 4.42 Å². The monoisotopic (exact) mass is 663 g/mol. The molecule has 9 aromatic carbocycles. The molecule has 0 aliphatic heterocycles. The van der Waals surface area contributed by atoms with Gasteiger partial charge in [0.25, 0.3) is 0 Å². The van der Waals surface area contributed by atoms with Crippen molar-refractivity contribution >= 4 is 60.5 Å². The molecule has 0 atom stereocenters. The van der Waals surface area contributed by atoms with E-state index in [2.05, 4.69) is 205 Å². The van der Waals surface area contributed by atoms with Gasteiger partial charge in [-0.3, -0.25) is 0 Å². The number of nitrogens with zero attached hydrogens (tertiary/aromatic N) is 1. The summed E-state index contributed by atoms with van der Waals surface area (Å²) in [5, 5.41) is 6.96. The molecule has 2 heteroatoms. The molecule has 10 aromatic rings. The lowest BCUT2D eigenvalue weighted by atomic mass is 9.97. The Morgan fingerprint density at radius 1 is 0.288 bits per heavy atom. The Morgan fingerprint density at radius 3 is 1.52 bits per heavy atom. The van der Waals surface area contributed by atoms with Crippen molar-refractivity contribution in [2.24, 2.45) is 0 Å². The molecule has 0 bridgehead atoms. The molecule has 2 nitrogen and oxygen atoms in total. The van der Waals surface area contributed by atoms with Crippen LogP contribution >= 0.6 is 0 Å². The molecule has 0 spiro atoms. The van der Waals surface area contributed by atoms with Crippen LogP contribution in [-0.4, -0.2) is 0 Å². The van der Waals surface area contributed by atoms with Crippen LogP contribution in [-0.2, 0) is 0 Å². The first kappa shape index (κ1) is 30.0. The predicted octanol–water partition coefficient (Wildman–Crippen LogP) is 14.4. The summed E-state index contributed by atoms with van der Waals surface area (Å²) in [6.07, 6.45) is 0. The van der Waals surface area contributed by atoms with Crippen LogP contribution in [0.25, 0.3) is 76.9 Å². The van der Waals surface area contributed by atoms with E-state index < -0.39 is 0 Å². The Hall–Kier alpha value is -6.90. The van der Waals surface area contributed by atoms with Crippen molar-refractivity contribution in [3.8, 4) is 33.4 Å². The number of fused-ring (bicyclic) bond motifs is 6. The van der Waals surface area contributed by atoms with Crippen LogP contribution in [0.4, 0.5) is 17.1 Å². The van der Waals surface area contributed by atoms with Gasteiger partial charge in [-0.1, -0.05) is 164 Å². The zero-order valence-corrected chi connectivity index (χ0v) is 28.4. The normalized spacial score (nSPS) is 11.5. The number of benzene rings is 9. The number of anilines is 3. The first-order chi connectivity index (χ1) is 25.8. The highest BCUT2D eigenvalue weighted by atomic mass is 16.3. The van der Waals surface area contributed by atoms with Crippen molar-refractivity contribution in [1.82, 2.24) is 0 Å². The van der Waals surface area contributed by atoms with Gasteiger partial charge in [0, 0.05) is 38.5 Å². The number of hydrogen-bond donors (Lipinski definition) is 0. The van der Waals surface area contributed by atoms with Crippen LogP contribution in [0, 0.1) is 0 Å². The average molecular weight is 664 g/mol. The molecule has 0 aliphatic carbocycles. The summed E-state index contributed by atoms with van der Waals surface area (Å²) in [7, 11) is 0. The van der Waals surface area contributed by atoms with Gasteiger partial charge in [0.2, 0.25) is 0 Å². The summed E-state index contributed by atoms with van der Waals surface area (Å²) in [6.45, 7) is 0. The Labute approximate surface area is 302 Å². The number of furan rings is 1. The molecule has 1 aromatic heterocycles. The van der Waals surface area contributed by atoms with E-state index in [-0.39, 0.29) is 0 Å². The fraction of sp³-hybridized carbons (Fsp3) is 0. The Morgan fingerprint density at radius 2 is 0.769 bits per heavy atom. The summed E-state index contributed by atoms with van der Waals surface area (Å²) in [6, 6.07) is 71.5. The molecule has 0 saturated heterocycles. The van der Waals surface area contributed by atoms with Gasteiger partial charge in [-0.2, -0.15) is 0 Å². The Bertz CT molecular complexity index is 2870. The molecule has 0 radical (unpaired) electrons. The van der Waals surface area contributed by atoms with Crippen LogP contribution in [0.5, 0.6) is 0 Å². The zero-order chi connectivity index (χ0) is 34.4. The standard InChI is InChI=1S/C50H33NO/c1-3-12-34(13-4-1)35-24-28-39(29-25-35)51(40-30-26-38(27-31-40)42-19-9-17-36-16-7-8-18-41(36)42)48-23-11-22-45-44(48)32-33-47-46-21-10-20-43(49(46)52-50(45)47)37-14-5-2-6-15-37/h1-33H. The zero-order valence-electron chi connectivity index (χ0n) is 28.4. The fourth-order valence-electron chi connectivity index (χ4n) is 7.76. The third kappa shape index (κ3) is 5.04. The summed E-state index contributed by atoms with van der Waals surface area (Å²) >= 11 is 0. The predicted molar refractivity (Wildman–Crippen MR) is 220 cm³/mol. The van der Waals surface area contributed by atoms with Crippen molar-refractivity contribution in [2.45, 2.75) is 0 Å². The van der Waals surface area contributed by atoms with Crippen LogP contribution in [0.2, 0.25) is 0 Å². The molecule has 0 N–H and O–H groups in total. The second-order valence-corrected chi connectivity index (χ2v) is 13.3. The first-order valence-corrected chi connectivity index (χ1v) is 17.8. The molecule has 0 aliphatic rings. The van der Waals surface area contributed by atoms with Gasteiger partial charge in [0.15, 0.2) is 0 Å². The van der Waals surface area contributed by atoms with E-state index in [9.17, 15) is 0 Å². The maximum atomic E-state index is 6.84. The van der Waals surface area contributed by atoms with Crippen molar-refractivity contribution in [3.05, 3.63) is 200 Å². The highest BCUT2D eigenvalue weighted by Crippen LogP contribution is 2.44. The van der Waals surface area contributed by atoms with Gasteiger partial charge in [-0.15, -0.1) is 0 Å². The Kier molecular flexibility index (Phi) is 7.18. The van der Waals surface area contributed by atoms with Crippen LogP contribution in [0.3, 0.4) is 0 Å². The molecule has 52 heavy (non-hydrogen) atoms. The maximum absolute atomic E-state index is 6.84. The van der Waals surface area contributed by atoms with E-state index in [1.165, 1.54) is 33.0 Å². The number of rotatable bonds is 6. The maximum Gasteiger partial charge on any atom is 0.143 e. The number of para-hydroxylation sites is 1. The van der Waals surface area contributed by atoms with Gasteiger partial charge in [-0.05, 0) is 75.0 Å². The van der Waals surface area contributed by atoms with Crippen molar-refractivity contribution < 1.29 is 4.42 Å².